The van der Waals surface area contributed by atoms with Crippen molar-refractivity contribution in [2.75, 3.05) is 17.7 Å². The van der Waals surface area contributed by atoms with Gasteiger partial charge in [-0.2, -0.15) is 0 Å². The number of nitrogens with one attached hydrogen (secondary N) is 1. The van der Waals surface area contributed by atoms with Crippen LogP contribution in [0, 0.1) is 0 Å². The fourth-order valence-electron chi connectivity index (χ4n) is 2.05. The highest BCUT2D eigenvalue weighted by atomic mass is 35.5. The maximum atomic E-state index is 12.4. The summed E-state index contributed by atoms with van der Waals surface area (Å²) in [5.41, 5.74) is 7.33. The number of amides is 1. The van der Waals surface area contributed by atoms with Crippen LogP contribution >= 0.6 is 11.6 Å². The molecule has 0 aliphatic heterocycles. The summed E-state index contributed by atoms with van der Waals surface area (Å²) in [6.07, 6.45) is 1.73. The summed E-state index contributed by atoms with van der Waals surface area (Å²) in [7, 11) is 0. The van der Waals surface area contributed by atoms with Gasteiger partial charge in [-0.3, -0.25) is 4.79 Å². The molecule has 0 saturated heterocycles. The van der Waals surface area contributed by atoms with Crippen molar-refractivity contribution in [3.05, 3.63) is 41.2 Å². The lowest BCUT2D eigenvalue weighted by molar-refractivity contribution is 0.101. The van der Waals surface area contributed by atoms with E-state index in [4.69, 9.17) is 22.1 Å². The summed E-state index contributed by atoms with van der Waals surface area (Å²) in [6, 6.07) is 6.75. The summed E-state index contributed by atoms with van der Waals surface area (Å²) in [5, 5.41) is 3.34. The highest BCUT2D eigenvalue weighted by molar-refractivity contribution is 6.31. The van der Waals surface area contributed by atoms with Crippen molar-refractivity contribution < 1.29 is 9.53 Å². The number of carbonyl (C=O) groups excluding carboxylic acids is 1. The van der Waals surface area contributed by atoms with Gasteiger partial charge in [0, 0.05) is 17.8 Å². The van der Waals surface area contributed by atoms with E-state index in [0.717, 1.165) is 0 Å². The van der Waals surface area contributed by atoms with E-state index in [-0.39, 0.29) is 5.91 Å². The Labute approximate surface area is 128 Å². The van der Waals surface area contributed by atoms with E-state index in [1.807, 2.05) is 13.8 Å². The molecular formula is C15H18ClN3O2. The fourth-order valence-corrected chi connectivity index (χ4v) is 2.22. The number of carbonyl (C=O) groups is 1. The van der Waals surface area contributed by atoms with Gasteiger partial charge >= 0.3 is 0 Å². The van der Waals surface area contributed by atoms with Crippen LogP contribution in [0.4, 0.5) is 11.4 Å². The van der Waals surface area contributed by atoms with E-state index in [1.165, 1.54) is 0 Å². The third kappa shape index (κ3) is 3.49. The van der Waals surface area contributed by atoms with E-state index in [9.17, 15) is 4.79 Å². The van der Waals surface area contributed by atoms with E-state index in [0.29, 0.717) is 41.0 Å². The molecule has 0 spiro atoms. The van der Waals surface area contributed by atoms with Gasteiger partial charge < -0.3 is 20.4 Å². The Hall–Kier alpha value is -2.14. The molecule has 1 amide bonds. The standard InChI is InChI=1S/C15H18ClN3O2/c1-3-19-9-11(17)8-13(19)15(20)18-12-7-10(16)5-6-14(12)21-4-2/h5-9H,3-4,17H2,1-2H3,(H,18,20). The topological polar surface area (TPSA) is 69.3 Å². The van der Waals surface area contributed by atoms with Gasteiger partial charge in [-0.25, -0.2) is 0 Å². The number of aryl methyl sites for hydroxylation is 1. The van der Waals surface area contributed by atoms with Crippen LogP contribution in [0.5, 0.6) is 5.75 Å². The summed E-state index contributed by atoms with van der Waals surface area (Å²) in [4.78, 5) is 12.4. The number of nitrogens with two attached hydrogens (primary N) is 1. The SMILES string of the molecule is CCOc1ccc(Cl)cc1NC(=O)c1cc(N)cn1CC. The molecule has 0 atom stereocenters. The summed E-state index contributed by atoms with van der Waals surface area (Å²) in [6.45, 7) is 4.99. The quantitative estimate of drug-likeness (QED) is 0.889. The number of hydrogen-bond donors (Lipinski definition) is 2. The molecule has 2 rings (SSSR count). The minimum absolute atomic E-state index is 0.253. The Kier molecular flexibility index (Phi) is 4.75. The monoisotopic (exact) mass is 307 g/mol. The van der Waals surface area contributed by atoms with Crippen LogP contribution < -0.4 is 15.8 Å². The van der Waals surface area contributed by atoms with Gasteiger partial charge in [-0.15, -0.1) is 0 Å². The molecule has 1 aromatic heterocycles. The first-order valence-electron chi connectivity index (χ1n) is 6.74. The lowest BCUT2D eigenvalue weighted by Gasteiger charge is -2.12. The predicted molar refractivity (Wildman–Crippen MR) is 85.1 cm³/mol. The predicted octanol–water partition coefficient (Wildman–Crippen LogP) is 3.39. The lowest BCUT2D eigenvalue weighted by atomic mass is 10.2. The second-order valence-corrected chi connectivity index (χ2v) is 4.91. The van der Waals surface area contributed by atoms with Crippen LogP contribution in [0.15, 0.2) is 30.5 Å². The first-order chi connectivity index (χ1) is 10.0. The minimum Gasteiger partial charge on any atom is -0.492 e. The van der Waals surface area contributed by atoms with Crippen molar-refractivity contribution >= 4 is 28.9 Å². The molecule has 1 aromatic carbocycles. The highest BCUT2D eigenvalue weighted by Gasteiger charge is 2.15. The third-order valence-corrected chi connectivity index (χ3v) is 3.22. The van der Waals surface area contributed by atoms with Crippen molar-refractivity contribution in [3.63, 3.8) is 0 Å². The molecule has 1 heterocycles. The third-order valence-electron chi connectivity index (χ3n) is 2.98. The molecule has 6 heteroatoms. The molecule has 0 radical (unpaired) electrons. The smallest absolute Gasteiger partial charge is 0.272 e. The van der Waals surface area contributed by atoms with E-state index >= 15 is 0 Å². The highest BCUT2D eigenvalue weighted by Crippen LogP contribution is 2.28. The number of halogens is 1. The molecule has 0 aliphatic rings. The van der Waals surface area contributed by atoms with Gasteiger partial charge in [0.2, 0.25) is 0 Å². The number of nitrogen functional groups attached to an aromatic ring is 1. The maximum absolute atomic E-state index is 12.4. The number of ether oxygens (including phenoxy) is 1. The Morgan fingerprint density at radius 2 is 2.14 bits per heavy atom. The molecule has 0 bridgehead atoms. The second kappa shape index (κ2) is 6.54. The Morgan fingerprint density at radius 3 is 2.81 bits per heavy atom. The van der Waals surface area contributed by atoms with Crippen molar-refractivity contribution in [1.82, 2.24) is 4.57 Å². The average molecular weight is 308 g/mol. The minimum atomic E-state index is -0.253. The molecule has 112 valence electrons. The van der Waals surface area contributed by atoms with Crippen LogP contribution in [0.3, 0.4) is 0 Å². The summed E-state index contributed by atoms with van der Waals surface area (Å²) >= 11 is 5.98. The summed E-state index contributed by atoms with van der Waals surface area (Å²) < 4.78 is 7.27. The van der Waals surface area contributed by atoms with Crippen LogP contribution in [-0.4, -0.2) is 17.1 Å². The zero-order valence-corrected chi connectivity index (χ0v) is 12.8. The van der Waals surface area contributed by atoms with Crippen LogP contribution in [-0.2, 0) is 6.54 Å². The molecule has 0 saturated carbocycles. The number of aromatic nitrogens is 1. The van der Waals surface area contributed by atoms with Crippen molar-refractivity contribution in [3.8, 4) is 5.75 Å². The van der Waals surface area contributed by atoms with Crippen LogP contribution in [0.1, 0.15) is 24.3 Å². The second-order valence-electron chi connectivity index (χ2n) is 4.47. The molecular weight excluding hydrogens is 290 g/mol. The van der Waals surface area contributed by atoms with Crippen LogP contribution in [0.25, 0.3) is 0 Å². The number of hydrogen-bond acceptors (Lipinski definition) is 3. The first-order valence-corrected chi connectivity index (χ1v) is 7.12. The van der Waals surface area contributed by atoms with E-state index < -0.39 is 0 Å². The number of anilines is 2. The summed E-state index contributed by atoms with van der Waals surface area (Å²) in [5.74, 6) is 0.328. The Balaban J connectivity index is 2.28. The van der Waals surface area contributed by atoms with Gasteiger partial charge in [0.1, 0.15) is 11.4 Å². The molecule has 3 N–H and O–H groups in total. The molecule has 0 unspecified atom stereocenters. The zero-order chi connectivity index (χ0) is 15.4. The van der Waals surface area contributed by atoms with Crippen molar-refractivity contribution in [2.24, 2.45) is 0 Å². The molecule has 0 aliphatic carbocycles. The van der Waals surface area contributed by atoms with Crippen molar-refractivity contribution in [1.29, 1.82) is 0 Å². The van der Waals surface area contributed by atoms with Gasteiger partial charge in [0.05, 0.1) is 18.0 Å². The van der Waals surface area contributed by atoms with Gasteiger partial charge in [0.15, 0.2) is 0 Å². The largest absolute Gasteiger partial charge is 0.492 e. The number of rotatable bonds is 5. The fraction of sp³-hybridized carbons (Fsp3) is 0.267. The molecule has 21 heavy (non-hydrogen) atoms. The lowest BCUT2D eigenvalue weighted by Crippen LogP contribution is -2.17. The first kappa shape index (κ1) is 15.3. The van der Waals surface area contributed by atoms with Crippen LogP contribution in [0.2, 0.25) is 5.02 Å². The average Bonchev–Trinajstić information content (AvgIpc) is 2.83. The van der Waals surface area contributed by atoms with Gasteiger partial charge in [-0.05, 0) is 38.1 Å². The van der Waals surface area contributed by atoms with Gasteiger partial charge in [-0.1, -0.05) is 11.6 Å². The normalized spacial score (nSPS) is 10.4. The zero-order valence-electron chi connectivity index (χ0n) is 12.0. The molecule has 5 nitrogen and oxygen atoms in total. The van der Waals surface area contributed by atoms with Crippen molar-refractivity contribution in [2.45, 2.75) is 20.4 Å². The molecule has 0 fully saturated rings. The van der Waals surface area contributed by atoms with E-state index in [2.05, 4.69) is 5.32 Å². The Bertz CT molecular complexity index is 652. The number of benzene rings is 1. The Morgan fingerprint density at radius 1 is 1.38 bits per heavy atom. The van der Waals surface area contributed by atoms with Gasteiger partial charge in [0.25, 0.3) is 5.91 Å². The molecule has 2 aromatic rings. The maximum Gasteiger partial charge on any atom is 0.272 e. The number of nitrogens with zero attached hydrogens (tertiary/aromatic N) is 1. The van der Waals surface area contributed by atoms with E-state index in [1.54, 1.807) is 35.0 Å².